The molecule has 114 valence electrons. The molecule has 0 spiro atoms. The van der Waals surface area contributed by atoms with E-state index < -0.39 is 0 Å². The van der Waals surface area contributed by atoms with Gasteiger partial charge in [0.15, 0.2) is 11.5 Å². The van der Waals surface area contributed by atoms with Crippen molar-refractivity contribution in [2.45, 2.75) is 20.3 Å². The van der Waals surface area contributed by atoms with E-state index in [2.05, 4.69) is 21.2 Å². The molecule has 0 aliphatic rings. The van der Waals surface area contributed by atoms with Crippen LogP contribution in [0.2, 0.25) is 0 Å². The third-order valence-corrected chi connectivity index (χ3v) is 3.46. The van der Waals surface area contributed by atoms with Crippen LogP contribution >= 0.6 is 15.9 Å². The van der Waals surface area contributed by atoms with Crippen LogP contribution in [0.4, 0.5) is 0 Å². The third-order valence-electron chi connectivity index (χ3n) is 2.72. The SMILES string of the molecule is CCOc1cc(Br)c(CCOCCNC)cc1OCC. The highest BCUT2D eigenvalue weighted by molar-refractivity contribution is 9.10. The second-order valence-corrected chi connectivity index (χ2v) is 5.08. The number of ether oxygens (including phenoxy) is 3. The van der Waals surface area contributed by atoms with Crippen molar-refractivity contribution in [2.24, 2.45) is 0 Å². The molecule has 0 unspecified atom stereocenters. The van der Waals surface area contributed by atoms with Gasteiger partial charge in [-0.2, -0.15) is 0 Å². The van der Waals surface area contributed by atoms with E-state index in [1.54, 1.807) is 0 Å². The van der Waals surface area contributed by atoms with Gasteiger partial charge in [0.25, 0.3) is 0 Å². The van der Waals surface area contributed by atoms with Crippen LogP contribution in [0, 0.1) is 0 Å². The molecule has 0 fully saturated rings. The summed E-state index contributed by atoms with van der Waals surface area (Å²) in [6.07, 6.45) is 0.844. The van der Waals surface area contributed by atoms with Gasteiger partial charge in [0, 0.05) is 11.0 Å². The molecular formula is C15H24BrNO3. The zero-order chi connectivity index (χ0) is 14.8. The zero-order valence-electron chi connectivity index (χ0n) is 12.5. The number of rotatable bonds is 10. The lowest BCUT2D eigenvalue weighted by Gasteiger charge is -2.14. The molecule has 0 radical (unpaired) electrons. The second-order valence-electron chi connectivity index (χ2n) is 4.22. The lowest BCUT2D eigenvalue weighted by atomic mass is 10.1. The van der Waals surface area contributed by atoms with Crippen LogP contribution in [-0.4, -0.2) is 40.0 Å². The van der Waals surface area contributed by atoms with Gasteiger partial charge in [-0.15, -0.1) is 0 Å². The maximum atomic E-state index is 5.63. The van der Waals surface area contributed by atoms with Crippen molar-refractivity contribution in [2.75, 3.05) is 40.0 Å². The van der Waals surface area contributed by atoms with Gasteiger partial charge >= 0.3 is 0 Å². The number of nitrogens with one attached hydrogen (secondary N) is 1. The number of likely N-dealkylation sites (N-methyl/N-ethyl adjacent to an activating group) is 1. The summed E-state index contributed by atoms with van der Waals surface area (Å²) in [5, 5.41) is 3.05. The van der Waals surface area contributed by atoms with E-state index in [1.807, 2.05) is 33.0 Å². The van der Waals surface area contributed by atoms with Crippen LogP contribution < -0.4 is 14.8 Å². The summed E-state index contributed by atoms with van der Waals surface area (Å²) >= 11 is 3.58. The Balaban J connectivity index is 2.67. The highest BCUT2D eigenvalue weighted by Crippen LogP contribution is 2.34. The Morgan fingerprint density at radius 2 is 1.70 bits per heavy atom. The van der Waals surface area contributed by atoms with Crippen molar-refractivity contribution in [3.05, 3.63) is 22.2 Å². The molecule has 0 bridgehead atoms. The first-order chi connectivity index (χ1) is 9.72. The summed E-state index contributed by atoms with van der Waals surface area (Å²) in [5.74, 6) is 1.57. The predicted octanol–water partition coefficient (Wildman–Crippen LogP) is 3.03. The summed E-state index contributed by atoms with van der Waals surface area (Å²) in [6.45, 7) is 7.47. The van der Waals surface area contributed by atoms with E-state index in [9.17, 15) is 0 Å². The molecule has 20 heavy (non-hydrogen) atoms. The monoisotopic (exact) mass is 345 g/mol. The first kappa shape index (κ1) is 17.3. The maximum absolute atomic E-state index is 5.63. The number of benzene rings is 1. The second kappa shape index (κ2) is 10.0. The van der Waals surface area contributed by atoms with Gasteiger partial charge in [0.1, 0.15) is 0 Å². The highest BCUT2D eigenvalue weighted by atomic mass is 79.9. The van der Waals surface area contributed by atoms with Crippen molar-refractivity contribution in [1.29, 1.82) is 0 Å². The molecule has 0 aliphatic carbocycles. The zero-order valence-corrected chi connectivity index (χ0v) is 14.1. The van der Waals surface area contributed by atoms with E-state index in [4.69, 9.17) is 14.2 Å². The minimum atomic E-state index is 0.624. The molecule has 0 atom stereocenters. The Bertz CT molecular complexity index is 399. The minimum absolute atomic E-state index is 0.624. The van der Waals surface area contributed by atoms with Crippen molar-refractivity contribution in [3.8, 4) is 11.5 Å². The van der Waals surface area contributed by atoms with Gasteiger partial charge in [0.2, 0.25) is 0 Å². The molecular weight excluding hydrogens is 322 g/mol. The average Bonchev–Trinajstić information content (AvgIpc) is 2.43. The minimum Gasteiger partial charge on any atom is -0.490 e. The summed E-state index contributed by atoms with van der Waals surface area (Å²) < 4.78 is 17.8. The van der Waals surface area contributed by atoms with Crippen molar-refractivity contribution >= 4 is 15.9 Å². The van der Waals surface area contributed by atoms with Crippen LogP contribution in [0.15, 0.2) is 16.6 Å². The third kappa shape index (κ3) is 5.69. The predicted molar refractivity (Wildman–Crippen MR) is 84.9 cm³/mol. The Kier molecular flexibility index (Phi) is 8.65. The summed E-state index contributed by atoms with van der Waals surface area (Å²) in [6, 6.07) is 4.00. The number of hydrogen-bond acceptors (Lipinski definition) is 4. The van der Waals surface area contributed by atoms with Gasteiger partial charge in [-0.1, -0.05) is 15.9 Å². The average molecular weight is 346 g/mol. The maximum Gasteiger partial charge on any atom is 0.162 e. The Hall–Kier alpha value is -0.780. The van der Waals surface area contributed by atoms with Crippen LogP contribution in [0.5, 0.6) is 11.5 Å². The molecule has 1 rings (SSSR count). The molecule has 0 aromatic heterocycles. The first-order valence-electron chi connectivity index (χ1n) is 7.03. The van der Waals surface area contributed by atoms with Crippen molar-refractivity contribution < 1.29 is 14.2 Å². The highest BCUT2D eigenvalue weighted by Gasteiger charge is 2.10. The van der Waals surface area contributed by atoms with Crippen LogP contribution in [-0.2, 0) is 11.2 Å². The Morgan fingerprint density at radius 1 is 1.05 bits per heavy atom. The topological polar surface area (TPSA) is 39.7 Å². The smallest absolute Gasteiger partial charge is 0.162 e. The van der Waals surface area contributed by atoms with Gasteiger partial charge in [-0.05, 0) is 45.0 Å². The van der Waals surface area contributed by atoms with Gasteiger partial charge < -0.3 is 19.5 Å². The fraction of sp³-hybridized carbons (Fsp3) is 0.600. The van der Waals surface area contributed by atoms with Crippen molar-refractivity contribution in [3.63, 3.8) is 0 Å². The Morgan fingerprint density at radius 3 is 2.30 bits per heavy atom. The van der Waals surface area contributed by atoms with Crippen LogP contribution in [0.3, 0.4) is 0 Å². The van der Waals surface area contributed by atoms with Gasteiger partial charge in [-0.3, -0.25) is 0 Å². The fourth-order valence-electron chi connectivity index (χ4n) is 1.76. The number of hydrogen-bond donors (Lipinski definition) is 1. The van der Waals surface area contributed by atoms with E-state index in [1.165, 1.54) is 5.56 Å². The van der Waals surface area contributed by atoms with E-state index >= 15 is 0 Å². The molecule has 0 amide bonds. The molecule has 1 aromatic rings. The molecule has 1 aromatic carbocycles. The first-order valence-corrected chi connectivity index (χ1v) is 7.82. The van der Waals surface area contributed by atoms with Crippen molar-refractivity contribution in [1.82, 2.24) is 5.32 Å². The van der Waals surface area contributed by atoms with E-state index in [0.29, 0.717) is 19.8 Å². The molecule has 0 saturated heterocycles. The summed E-state index contributed by atoms with van der Waals surface area (Å²) in [4.78, 5) is 0. The van der Waals surface area contributed by atoms with Gasteiger partial charge in [0.05, 0.1) is 26.4 Å². The summed E-state index contributed by atoms with van der Waals surface area (Å²) in [5.41, 5.74) is 1.17. The molecule has 0 heterocycles. The quantitative estimate of drug-likeness (QED) is 0.661. The molecule has 4 nitrogen and oxygen atoms in total. The molecule has 1 N–H and O–H groups in total. The van der Waals surface area contributed by atoms with Gasteiger partial charge in [-0.25, -0.2) is 0 Å². The molecule has 0 aliphatic heterocycles. The lowest BCUT2D eigenvalue weighted by Crippen LogP contribution is -2.15. The van der Waals surface area contributed by atoms with Crippen LogP contribution in [0.1, 0.15) is 19.4 Å². The lowest BCUT2D eigenvalue weighted by molar-refractivity contribution is 0.140. The summed E-state index contributed by atoms with van der Waals surface area (Å²) in [7, 11) is 1.92. The fourth-order valence-corrected chi connectivity index (χ4v) is 2.28. The Labute approximate surface area is 129 Å². The van der Waals surface area contributed by atoms with E-state index in [-0.39, 0.29) is 0 Å². The normalized spacial score (nSPS) is 10.6. The standard InChI is InChI=1S/C15H24BrNO3/c1-4-19-14-10-12(6-8-18-9-7-17-3)13(16)11-15(14)20-5-2/h10-11,17H,4-9H2,1-3H3. The molecule has 0 saturated carbocycles. The van der Waals surface area contributed by atoms with E-state index in [0.717, 1.165) is 35.5 Å². The van der Waals surface area contributed by atoms with Crippen LogP contribution in [0.25, 0.3) is 0 Å². The largest absolute Gasteiger partial charge is 0.490 e. The number of halogens is 1. The molecule has 5 heteroatoms.